The lowest BCUT2D eigenvalue weighted by atomic mass is 9.75. The fourth-order valence-corrected chi connectivity index (χ4v) is 3.68. The number of nitrogens with one attached hydrogen (secondary N) is 1. The van der Waals surface area contributed by atoms with Gasteiger partial charge in [-0.3, -0.25) is 4.79 Å². The van der Waals surface area contributed by atoms with Crippen LogP contribution >= 0.6 is 0 Å². The monoisotopic (exact) mass is 318 g/mol. The van der Waals surface area contributed by atoms with Crippen LogP contribution in [0.15, 0.2) is 4.52 Å². The molecule has 3 rings (SSSR count). The van der Waals surface area contributed by atoms with E-state index >= 15 is 0 Å². The second-order valence-corrected chi connectivity index (χ2v) is 6.25. The molecule has 1 amide bonds. The summed E-state index contributed by atoms with van der Waals surface area (Å²) in [5, 5.41) is 6.42. The van der Waals surface area contributed by atoms with Gasteiger partial charge in [0.25, 0.3) is 5.82 Å². The average molecular weight is 318 g/mol. The summed E-state index contributed by atoms with van der Waals surface area (Å²) in [5.74, 6) is -2.41. The van der Waals surface area contributed by atoms with E-state index < -0.39 is 23.5 Å². The molecular weight excluding hydrogens is 301 g/mol. The summed E-state index contributed by atoms with van der Waals surface area (Å²) < 4.78 is 42.6. The molecule has 1 aromatic rings. The second-order valence-electron chi connectivity index (χ2n) is 6.25. The van der Waals surface area contributed by atoms with E-state index in [1.54, 1.807) is 6.92 Å². The molecule has 122 valence electrons. The smallest absolute Gasteiger partial charge is 0.369 e. The normalized spacial score (nSPS) is 32.9. The molecule has 0 saturated carbocycles. The molecule has 4 atom stereocenters. The lowest BCUT2D eigenvalue weighted by molar-refractivity contribution is -0.146. The number of nitrogens with zero attached hydrogens (tertiary/aromatic N) is 2. The van der Waals surface area contributed by atoms with Crippen LogP contribution in [0.4, 0.5) is 13.2 Å². The van der Waals surface area contributed by atoms with Crippen LogP contribution < -0.4 is 11.1 Å². The molecule has 2 aliphatic rings. The summed E-state index contributed by atoms with van der Waals surface area (Å²) in [6, 6.07) is 0.152. The van der Waals surface area contributed by atoms with Crippen molar-refractivity contribution in [2.24, 2.45) is 11.7 Å². The Morgan fingerprint density at radius 1 is 1.55 bits per heavy atom. The highest BCUT2D eigenvalue weighted by Crippen LogP contribution is 2.46. The predicted octanol–water partition coefficient (Wildman–Crippen LogP) is 1.58. The van der Waals surface area contributed by atoms with E-state index in [1.165, 1.54) is 0 Å². The number of aromatic nitrogens is 2. The van der Waals surface area contributed by atoms with Gasteiger partial charge in [0.1, 0.15) is 0 Å². The molecule has 2 fully saturated rings. The van der Waals surface area contributed by atoms with Gasteiger partial charge in [-0.15, -0.1) is 0 Å². The molecule has 3 unspecified atom stereocenters. The van der Waals surface area contributed by atoms with Crippen molar-refractivity contribution in [1.29, 1.82) is 0 Å². The van der Waals surface area contributed by atoms with Crippen LogP contribution in [0.5, 0.6) is 0 Å². The Hall–Kier alpha value is -1.64. The van der Waals surface area contributed by atoms with Crippen LogP contribution in [0.25, 0.3) is 0 Å². The summed E-state index contributed by atoms with van der Waals surface area (Å²) >= 11 is 0. The topological polar surface area (TPSA) is 94.0 Å². The minimum absolute atomic E-state index is 0.0643. The van der Waals surface area contributed by atoms with Crippen molar-refractivity contribution >= 4 is 5.91 Å². The Labute approximate surface area is 124 Å². The highest BCUT2D eigenvalue weighted by molar-refractivity contribution is 5.77. The van der Waals surface area contributed by atoms with Gasteiger partial charge < -0.3 is 15.6 Å². The zero-order valence-electron chi connectivity index (χ0n) is 12.0. The third-order valence-electron chi connectivity index (χ3n) is 4.91. The molecule has 22 heavy (non-hydrogen) atoms. The third-order valence-corrected chi connectivity index (χ3v) is 4.91. The molecular formula is C13H17F3N4O2. The summed E-state index contributed by atoms with van der Waals surface area (Å²) in [4.78, 5) is 15.0. The summed E-state index contributed by atoms with van der Waals surface area (Å²) in [5.41, 5.74) is 4.90. The van der Waals surface area contributed by atoms with Crippen molar-refractivity contribution in [3.63, 3.8) is 0 Å². The first-order valence-corrected chi connectivity index (χ1v) is 7.19. The highest BCUT2D eigenvalue weighted by atomic mass is 19.4. The Bertz CT molecular complexity index is 588. The summed E-state index contributed by atoms with van der Waals surface area (Å²) in [7, 11) is 0. The van der Waals surface area contributed by atoms with E-state index in [1.807, 2.05) is 0 Å². The van der Waals surface area contributed by atoms with Gasteiger partial charge in [-0.25, -0.2) is 0 Å². The van der Waals surface area contributed by atoms with Crippen LogP contribution in [-0.2, 0) is 11.0 Å². The van der Waals surface area contributed by atoms with E-state index in [0.29, 0.717) is 12.8 Å². The number of carbonyl (C=O) groups excluding carboxylic acids is 1. The number of amides is 1. The number of nitrogens with two attached hydrogens (primary N) is 1. The van der Waals surface area contributed by atoms with Gasteiger partial charge >= 0.3 is 6.18 Å². The molecule has 9 heteroatoms. The largest absolute Gasteiger partial charge is 0.455 e. The van der Waals surface area contributed by atoms with E-state index in [9.17, 15) is 18.0 Å². The van der Waals surface area contributed by atoms with Crippen LogP contribution in [-0.4, -0.2) is 27.6 Å². The number of halogens is 3. The molecule has 2 aliphatic heterocycles. The number of hydrogen-bond donors (Lipinski definition) is 2. The molecule has 0 aromatic carbocycles. The lowest BCUT2D eigenvalue weighted by Crippen LogP contribution is -2.54. The van der Waals surface area contributed by atoms with Gasteiger partial charge in [-0.1, -0.05) is 12.1 Å². The average Bonchev–Trinajstić information content (AvgIpc) is 3.03. The van der Waals surface area contributed by atoms with E-state index in [2.05, 4.69) is 15.5 Å². The molecule has 2 bridgehead atoms. The maximum absolute atomic E-state index is 12.6. The number of carbonyl (C=O) groups is 1. The van der Waals surface area contributed by atoms with Gasteiger partial charge in [0, 0.05) is 17.5 Å². The van der Waals surface area contributed by atoms with Gasteiger partial charge in [-0.2, -0.15) is 18.2 Å². The molecule has 2 saturated heterocycles. The molecule has 3 heterocycles. The maximum atomic E-state index is 12.6. The van der Waals surface area contributed by atoms with E-state index in [-0.39, 0.29) is 23.8 Å². The van der Waals surface area contributed by atoms with Gasteiger partial charge in [-0.05, 0) is 25.7 Å². The quantitative estimate of drug-likeness (QED) is 0.882. The first-order chi connectivity index (χ1) is 10.2. The summed E-state index contributed by atoms with van der Waals surface area (Å²) in [6.07, 6.45) is -1.89. The maximum Gasteiger partial charge on any atom is 0.455 e. The van der Waals surface area contributed by atoms with Crippen LogP contribution in [0, 0.1) is 5.92 Å². The van der Waals surface area contributed by atoms with Crippen molar-refractivity contribution in [3.05, 3.63) is 11.7 Å². The zero-order valence-corrected chi connectivity index (χ0v) is 12.0. The van der Waals surface area contributed by atoms with Gasteiger partial charge in [0.05, 0.1) is 5.92 Å². The lowest BCUT2D eigenvalue weighted by Gasteiger charge is -2.41. The Morgan fingerprint density at radius 2 is 2.27 bits per heavy atom. The van der Waals surface area contributed by atoms with Crippen molar-refractivity contribution in [1.82, 2.24) is 15.5 Å². The molecule has 0 radical (unpaired) electrons. The van der Waals surface area contributed by atoms with E-state index in [4.69, 9.17) is 10.3 Å². The van der Waals surface area contributed by atoms with Crippen molar-refractivity contribution < 1.29 is 22.5 Å². The van der Waals surface area contributed by atoms with E-state index in [0.717, 1.165) is 12.8 Å². The Balaban J connectivity index is 1.86. The molecule has 1 aromatic heterocycles. The number of rotatable bonds is 3. The van der Waals surface area contributed by atoms with Gasteiger partial charge in [0.2, 0.25) is 11.8 Å². The standard InChI is InChI=1S/C13H17F3N4O2/c1-6(10-18-11(20-22-10)13(14,15)16)12-3-2-8(19-12)4-7(5-12)9(17)21/h6-8,19H,2-5H2,1H3,(H2,17,21)/t6-,7?,8?,12?/m0/s1. The Morgan fingerprint density at radius 3 is 2.86 bits per heavy atom. The number of fused-ring (bicyclic) bond motifs is 2. The SMILES string of the molecule is C[C@@H](c1nc(C(F)(F)F)no1)C12CCC(CC(C(N)=O)C1)N2. The highest BCUT2D eigenvalue weighted by Gasteiger charge is 2.51. The van der Waals surface area contributed by atoms with Crippen LogP contribution in [0.1, 0.15) is 50.2 Å². The Kier molecular flexibility index (Phi) is 3.42. The van der Waals surface area contributed by atoms with Crippen LogP contribution in [0.3, 0.4) is 0 Å². The number of alkyl halides is 3. The molecule has 6 nitrogen and oxygen atoms in total. The summed E-state index contributed by atoms with van der Waals surface area (Å²) in [6.45, 7) is 1.74. The first kappa shape index (κ1) is 15.3. The predicted molar refractivity (Wildman–Crippen MR) is 68.5 cm³/mol. The fraction of sp³-hybridized carbons (Fsp3) is 0.769. The van der Waals surface area contributed by atoms with Gasteiger partial charge in [0.15, 0.2) is 0 Å². The first-order valence-electron chi connectivity index (χ1n) is 7.19. The zero-order chi connectivity index (χ0) is 16.1. The fourth-order valence-electron chi connectivity index (χ4n) is 3.68. The molecule has 3 N–H and O–H groups in total. The van der Waals surface area contributed by atoms with Crippen molar-refractivity contribution in [2.45, 2.75) is 56.3 Å². The minimum Gasteiger partial charge on any atom is -0.369 e. The second kappa shape index (κ2) is 4.94. The number of primary amides is 1. The molecule has 0 aliphatic carbocycles. The van der Waals surface area contributed by atoms with Crippen LogP contribution in [0.2, 0.25) is 0 Å². The van der Waals surface area contributed by atoms with Crippen molar-refractivity contribution in [3.8, 4) is 0 Å². The molecule has 0 spiro atoms. The van der Waals surface area contributed by atoms with Crippen molar-refractivity contribution in [2.75, 3.05) is 0 Å². The number of hydrogen-bond acceptors (Lipinski definition) is 5. The minimum atomic E-state index is -4.63. The number of piperidine rings is 1. The third kappa shape index (κ3) is 2.47.